The first-order valence-electron chi connectivity index (χ1n) is 11.8. The Hall–Kier alpha value is -4.08. The van der Waals surface area contributed by atoms with Crippen LogP contribution in [0.5, 0.6) is 11.5 Å². The quantitative estimate of drug-likeness (QED) is 0.513. The summed E-state index contributed by atoms with van der Waals surface area (Å²) in [6, 6.07) is 9.83. The Morgan fingerprint density at radius 1 is 1.14 bits per heavy atom. The summed E-state index contributed by atoms with van der Waals surface area (Å²) in [5.74, 6) is -0.658. The van der Waals surface area contributed by atoms with Crippen LogP contribution in [-0.2, 0) is 25.8 Å². The van der Waals surface area contributed by atoms with E-state index in [0.29, 0.717) is 34.9 Å². The molecule has 0 radical (unpaired) electrons. The Kier molecular flexibility index (Phi) is 7.42. The van der Waals surface area contributed by atoms with Crippen molar-refractivity contribution in [3.8, 4) is 11.5 Å². The number of methoxy groups -OCH3 is 1. The summed E-state index contributed by atoms with van der Waals surface area (Å²) in [4.78, 5) is 56.1. The molecule has 1 aliphatic heterocycles. The molecule has 1 atom stereocenters. The molecule has 1 saturated carbocycles. The topological polar surface area (TPSA) is 123 Å². The fraction of sp³-hybridized carbons (Fsp3) is 0.385. The summed E-state index contributed by atoms with van der Waals surface area (Å²) in [5.41, 5.74) is 4.39. The number of carbonyl (C=O) groups is 4. The lowest BCUT2D eigenvalue weighted by atomic mass is 10.0. The Morgan fingerprint density at radius 2 is 1.92 bits per heavy atom. The molecular formula is C26H29N3O7. The smallest absolute Gasteiger partial charge is 0.329 e. The van der Waals surface area contributed by atoms with Gasteiger partial charge in [-0.15, -0.1) is 0 Å². The highest BCUT2D eigenvalue weighted by molar-refractivity contribution is 6.07. The number of amides is 3. The van der Waals surface area contributed by atoms with Gasteiger partial charge in [-0.3, -0.25) is 19.2 Å². The van der Waals surface area contributed by atoms with Crippen molar-refractivity contribution in [1.29, 1.82) is 0 Å². The summed E-state index contributed by atoms with van der Waals surface area (Å²) in [6.45, 7) is 3.65. The SMILES string of the molecule is CCOc1cc(C(CC(=O)NOC(C)=O)N2Cc3cccc(NC(=O)C4CC4)c3C2=O)ccc1OC. The molecule has 10 heteroatoms. The summed E-state index contributed by atoms with van der Waals surface area (Å²) in [7, 11) is 1.53. The van der Waals surface area contributed by atoms with E-state index in [9.17, 15) is 19.2 Å². The van der Waals surface area contributed by atoms with E-state index >= 15 is 0 Å². The van der Waals surface area contributed by atoms with Gasteiger partial charge in [0.2, 0.25) is 5.91 Å². The first kappa shape index (κ1) is 25.0. The Morgan fingerprint density at radius 3 is 2.58 bits per heavy atom. The van der Waals surface area contributed by atoms with E-state index in [1.807, 2.05) is 13.0 Å². The summed E-state index contributed by atoms with van der Waals surface area (Å²) in [5, 5.41) is 2.89. The summed E-state index contributed by atoms with van der Waals surface area (Å²) in [6.07, 6.45) is 1.52. The van der Waals surface area contributed by atoms with Crippen molar-refractivity contribution in [3.63, 3.8) is 0 Å². The molecule has 190 valence electrons. The van der Waals surface area contributed by atoms with Crippen molar-refractivity contribution in [2.75, 3.05) is 19.0 Å². The molecule has 0 spiro atoms. The van der Waals surface area contributed by atoms with Gasteiger partial charge in [0.15, 0.2) is 11.5 Å². The largest absolute Gasteiger partial charge is 0.493 e. The van der Waals surface area contributed by atoms with E-state index in [0.717, 1.165) is 18.4 Å². The lowest BCUT2D eigenvalue weighted by Gasteiger charge is -2.28. The maximum Gasteiger partial charge on any atom is 0.329 e. The second-order valence-electron chi connectivity index (χ2n) is 8.72. The van der Waals surface area contributed by atoms with Crippen molar-refractivity contribution < 1.29 is 33.5 Å². The molecule has 2 aromatic rings. The maximum absolute atomic E-state index is 13.7. The van der Waals surface area contributed by atoms with Gasteiger partial charge in [-0.05, 0) is 49.1 Å². The molecule has 36 heavy (non-hydrogen) atoms. The molecular weight excluding hydrogens is 466 g/mol. The number of anilines is 1. The molecule has 1 unspecified atom stereocenters. The molecule has 1 fully saturated rings. The first-order valence-corrected chi connectivity index (χ1v) is 11.8. The van der Waals surface area contributed by atoms with Crippen LogP contribution in [0.15, 0.2) is 36.4 Å². The van der Waals surface area contributed by atoms with E-state index in [-0.39, 0.29) is 30.7 Å². The number of benzene rings is 2. The normalized spacial score (nSPS) is 15.1. The van der Waals surface area contributed by atoms with E-state index < -0.39 is 17.9 Å². The molecule has 2 aromatic carbocycles. The van der Waals surface area contributed by atoms with E-state index in [1.165, 1.54) is 14.0 Å². The standard InChI is InChI=1S/C26H29N3O7/c1-4-35-22-12-17(10-11-21(22)34-3)20(13-23(31)28-36-15(2)30)29-14-18-6-5-7-19(24(18)26(29)33)27-25(32)16-8-9-16/h5-7,10-12,16,20H,4,8-9,13-14H2,1-3H3,(H,27,32)(H,28,31). The molecule has 2 N–H and O–H groups in total. The van der Waals surface area contributed by atoms with Crippen LogP contribution in [0.3, 0.4) is 0 Å². The third-order valence-corrected chi connectivity index (χ3v) is 6.11. The van der Waals surface area contributed by atoms with E-state index in [2.05, 4.69) is 15.6 Å². The van der Waals surface area contributed by atoms with Gasteiger partial charge >= 0.3 is 5.97 Å². The zero-order valence-corrected chi connectivity index (χ0v) is 20.5. The van der Waals surface area contributed by atoms with Crippen LogP contribution in [0, 0.1) is 5.92 Å². The van der Waals surface area contributed by atoms with Gasteiger partial charge in [-0.25, -0.2) is 0 Å². The molecule has 0 saturated heterocycles. The Labute approximate surface area is 208 Å². The fourth-order valence-electron chi connectivity index (χ4n) is 4.24. The van der Waals surface area contributed by atoms with Gasteiger partial charge in [0.1, 0.15) is 0 Å². The minimum atomic E-state index is -0.711. The molecule has 2 aliphatic rings. The van der Waals surface area contributed by atoms with Crippen LogP contribution in [0.1, 0.15) is 60.6 Å². The van der Waals surface area contributed by atoms with Crippen LogP contribution in [0.4, 0.5) is 5.69 Å². The minimum absolute atomic E-state index is 0.0116. The van der Waals surface area contributed by atoms with Crippen LogP contribution in [-0.4, -0.2) is 42.3 Å². The predicted molar refractivity (Wildman–Crippen MR) is 129 cm³/mol. The molecule has 1 aliphatic carbocycles. The molecule has 4 rings (SSSR count). The zero-order valence-electron chi connectivity index (χ0n) is 20.5. The number of rotatable bonds is 9. The van der Waals surface area contributed by atoms with E-state index in [1.54, 1.807) is 35.2 Å². The number of nitrogens with zero attached hydrogens (tertiary/aromatic N) is 1. The van der Waals surface area contributed by atoms with Crippen LogP contribution < -0.4 is 20.3 Å². The van der Waals surface area contributed by atoms with Crippen molar-refractivity contribution in [1.82, 2.24) is 10.4 Å². The molecule has 1 heterocycles. The number of ether oxygens (including phenoxy) is 2. The third kappa shape index (κ3) is 5.42. The van der Waals surface area contributed by atoms with Crippen LogP contribution >= 0.6 is 0 Å². The number of fused-ring (bicyclic) bond motifs is 1. The number of nitrogens with one attached hydrogen (secondary N) is 2. The van der Waals surface area contributed by atoms with Crippen LogP contribution in [0.2, 0.25) is 0 Å². The molecule has 3 amide bonds. The number of hydrogen-bond donors (Lipinski definition) is 2. The van der Waals surface area contributed by atoms with Gasteiger partial charge in [-0.1, -0.05) is 18.2 Å². The highest BCUT2D eigenvalue weighted by Crippen LogP contribution is 2.40. The highest BCUT2D eigenvalue weighted by Gasteiger charge is 2.38. The second kappa shape index (κ2) is 10.7. The first-order chi connectivity index (χ1) is 17.3. The van der Waals surface area contributed by atoms with Crippen molar-refractivity contribution in [3.05, 3.63) is 53.1 Å². The Bertz CT molecular complexity index is 1190. The monoisotopic (exact) mass is 495 g/mol. The lowest BCUT2D eigenvalue weighted by Crippen LogP contribution is -2.35. The zero-order chi connectivity index (χ0) is 25.8. The van der Waals surface area contributed by atoms with Crippen molar-refractivity contribution >= 4 is 29.4 Å². The molecule has 10 nitrogen and oxygen atoms in total. The third-order valence-electron chi connectivity index (χ3n) is 6.11. The number of hydrogen-bond acceptors (Lipinski definition) is 7. The summed E-state index contributed by atoms with van der Waals surface area (Å²) >= 11 is 0. The number of carbonyl (C=O) groups excluding carboxylic acids is 4. The average molecular weight is 496 g/mol. The fourth-order valence-corrected chi connectivity index (χ4v) is 4.24. The summed E-state index contributed by atoms with van der Waals surface area (Å²) < 4.78 is 11.1. The number of hydroxylamine groups is 1. The van der Waals surface area contributed by atoms with Crippen molar-refractivity contribution in [2.45, 2.75) is 45.7 Å². The second-order valence-corrected chi connectivity index (χ2v) is 8.72. The van der Waals surface area contributed by atoms with Gasteiger partial charge in [0.05, 0.1) is 37.4 Å². The van der Waals surface area contributed by atoms with Gasteiger partial charge < -0.3 is 24.5 Å². The lowest BCUT2D eigenvalue weighted by molar-refractivity contribution is -0.156. The van der Waals surface area contributed by atoms with Crippen LogP contribution in [0.25, 0.3) is 0 Å². The maximum atomic E-state index is 13.7. The van der Waals surface area contributed by atoms with Crippen molar-refractivity contribution in [2.24, 2.45) is 5.92 Å². The van der Waals surface area contributed by atoms with Gasteiger partial charge in [0, 0.05) is 19.4 Å². The average Bonchev–Trinajstić information content (AvgIpc) is 3.65. The predicted octanol–water partition coefficient (Wildman–Crippen LogP) is 3.12. The Balaban J connectivity index is 1.66. The van der Waals surface area contributed by atoms with Gasteiger partial charge in [-0.2, -0.15) is 5.48 Å². The minimum Gasteiger partial charge on any atom is -0.493 e. The van der Waals surface area contributed by atoms with E-state index in [4.69, 9.17) is 9.47 Å². The highest BCUT2D eigenvalue weighted by atomic mass is 16.7. The van der Waals surface area contributed by atoms with Gasteiger partial charge in [0.25, 0.3) is 11.8 Å². The molecule has 0 aromatic heterocycles. The molecule has 0 bridgehead atoms.